The highest BCUT2D eigenvalue weighted by atomic mass is 16.5. The van der Waals surface area contributed by atoms with Gasteiger partial charge < -0.3 is 15.8 Å². The molecule has 1 aromatic heterocycles. The van der Waals surface area contributed by atoms with Gasteiger partial charge in [0, 0.05) is 18.8 Å². The molecule has 0 aliphatic heterocycles. The number of nitrogens with two attached hydrogens (primary N) is 1. The number of carbonyl (C=O) groups excluding carboxylic acids is 1. The third kappa shape index (κ3) is 4.27. The molecular weight excluding hydrogens is 206 g/mol. The smallest absolute Gasteiger partial charge is 0.250 e. The molecule has 0 aliphatic carbocycles. The zero-order valence-corrected chi connectivity index (χ0v) is 9.40. The van der Waals surface area contributed by atoms with Crippen LogP contribution in [0.4, 0.5) is 0 Å². The molecule has 5 nitrogen and oxygen atoms in total. The van der Waals surface area contributed by atoms with E-state index in [1.54, 1.807) is 12.1 Å². The van der Waals surface area contributed by atoms with E-state index in [0.29, 0.717) is 18.1 Å². The maximum atomic E-state index is 10.8. The highest BCUT2D eigenvalue weighted by molar-refractivity contribution is 5.92. The predicted octanol–water partition coefficient (Wildman–Crippen LogP) is 0.559. The minimum atomic E-state index is -0.483. The third-order valence-electron chi connectivity index (χ3n) is 1.98. The monoisotopic (exact) mass is 223 g/mol. The molecule has 0 unspecified atom stereocenters. The van der Waals surface area contributed by atoms with E-state index in [1.807, 2.05) is 0 Å². The van der Waals surface area contributed by atoms with Crippen LogP contribution in [0.3, 0.4) is 0 Å². The molecular formula is C11H17N3O2. The van der Waals surface area contributed by atoms with Crippen molar-refractivity contribution in [3.05, 3.63) is 23.9 Å². The number of rotatable bonds is 7. The Hall–Kier alpha value is -1.62. The molecule has 0 spiro atoms. The maximum Gasteiger partial charge on any atom is 0.250 e. The standard InChI is InChI=1S/C11H17N3O2/c1-2-5-13-6-7-16-10-4-3-9(8-14-10)11(12)15/h3-4,8,13H,2,5-7H2,1H3,(H2,12,15). The Morgan fingerprint density at radius 1 is 1.50 bits per heavy atom. The molecule has 5 heteroatoms. The fourth-order valence-electron chi connectivity index (χ4n) is 1.14. The second kappa shape index (κ2) is 6.79. The fraction of sp³-hybridized carbons (Fsp3) is 0.455. The molecule has 0 radical (unpaired) electrons. The maximum absolute atomic E-state index is 10.8. The Balaban J connectivity index is 2.29. The molecule has 1 heterocycles. The molecule has 0 bridgehead atoms. The normalized spacial score (nSPS) is 10.1. The third-order valence-corrected chi connectivity index (χ3v) is 1.98. The number of nitrogens with one attached hydrogen (secondary N) is 1. The van der Waals surface area contributed by atoms with E-state index in [9.17, 15) is 4.79 Å². The van der Waals surface area contributed by atoms with Crippen LogP contribution in [0.1, 0.15) is 23.7 Å². The summed E-state index contributed by atoms with van der Waals surface area (Å²) in [4.78, 5) is 14.7. The minimum absolute atomic E-state index is 0.386. The van der Waals surface area contributed by atoms with E-state index in [1.165, 1.54) is 6.20 Å². The quantitative estimate of drug-likeness (QED) is 0.662. The lowest BCUT2D eigenvalue weighted by Crippen LogP contribution is -2.21. The fourth-order valence-corrected chi connectivity index (χ4v) is 1.14. The number of nitrogens with zero attached hydrogens (tertiary/aromatic N) is 1. The molecule has 0 saturated carbocycles. The van der Waals surface area contributed by atoms with E-state index in [0.717, 1.165) is 19.5 Å². The van der Waals surface area contributed by atoms with E-state index in [4.69, 9.17) is 10.5 Å². The van der Waals surface area contributed by atoms with Crippen LogP contribution in [0.5, 0.6) is 5.88 Å². The summed E-state index contributed by atoms with van der Waals surface area (Å²) in [5.41, 5.74) is 5.47. The Kier molecular flexibility index (Phi) is 5.28. The van der Waals surface area contributed by atoms with Crippen LogP contribution < -0.4 is 15.8 Å². The summed E-state index contributed by atoms with van der Waals surface area (Å²) >= 11 is 0. The van der Waals surface area contributed by atoms with E-state index >= 15 is 0 Å². The van der Waals surface area contributed by atoms with Crippen molar-refractivity contribution < 1.29 is 9.53 Å². The first kappa shape index (κ1) is 12.4. The first-order chi connectivity index (χ1) is 7.74. The second-order valence-electron chi connectivity index (χ2n) is 3.35. The van der Waals surface area contributed by atoms with Crippen molar-refractivity contribution in [2.45, 2.75) is 13.3 Å². The predicted molar refractivity (Wildman–Crippen MR) is 61.4 cm³/mol. The van der Waals surface area contributed by atoms with Crippen LogP contribution in [0.25, 0.3) is 0 Å². The summed E-state index contributed by atoms with van der Waals surface area (Å²) in [5.74, 6) is 0.0203. The van der Waals surface area contributed by atoms with Gasteiger partial charge in [0.2, 0.25) is 11.8 Å². The highest BCUT2D eigenvalue weighted by Crippen LogP contribution is 2.06. The first-order valence-electron chi connectivity index (χ1n) is 5.33. The summed E-state index contributed by atoms with van der Waals surface area (Å²) in [6, 6.07) is 3.24. The van der Waals surface area contributed by atoms with E-state index < -0.39 is 5.91 Å². The van der Waals surface area contributed by atoms with Crippen LogP contribution in [0.15, 0.2) is 18.3 Å². The van der Waals surface area contributed by atoms with Gasteiger partial charge in [0.1, 0.15) is 6.61 Å². The van der Waals surface area contributed by atoms with Gasteiger partial charge >= 0.3 is 0 Å². The van der Waals surface area contributed by atoms with Crippen LogP contribution in [0.2, 0.25) is 0 Å². The van der Waals surface area contributed by atoms with Gasteiger partial charge in [0.15, 0.2) is 0 Å². The van der Waals surface area contributed by atoms with E-state index in [-0.39, 0.29) is 0 Å². The molecule has 3 N–H and O–H groups in total. The van der Waals surface area contributed by atoms with Gasteiger partial charge in [0.05, 0.1) is 5.56 Å². The number of aromatic nitrogens is 1. The van der Waals surface area contributed by atoms with Crippen molar-refractivity contribution >= 4 is 5.91 Å². The number of primary amides is 1. The molecule has 88 valence electrons. The van der Waals surface area contributed by atoms with Crippen LogP contribution in [-0.4, -0.2) is 30.6 Å². The molecule has 16 heavy (non-hydrogen) atoms. The Morgan fingerprint density at radius 3 is 2.88 bits per heavy atom. The zero-order chi connectivity index (χ0) is 11.8. The van der Waals surface area contributed by atoms with Gasteiger partial charge in [-0.15, -0.1) is 0 Å². The summed E-state index contributed by atoms with van der Waals surface area (Å²) in [6.45, 7) is 4.44. The molecule has 0 atom stereocenters. The van der Waals surface area contributed by atoms with Crippen molar-refractivity contribution in [2.75, 3.05) is 19.7 Å². The summed E-state index contributed by atoms with van der Waals surface area (Å²) in [6.07, 6.45) is 2.52. The SMILES string of the molecule is CCCNCCOc1ccc(C(N)=O)cn1. The molecule has 0 fully saturated rings. The molecule has 0 aliphatic rings. The van der Waals surface area contributed by atoms with Gasteiger partial charge in [-0.3, -0.25) is 4.79 Å². The largest absolute Gasteiger partial charge is 0.476 e. The summed E-state index contributed by atoms with van der Waals surface area (Å²) in [7, 11) is 0. The van der Waals surface area contributed by atoms with Crippen LogP contribution >= 0.6 is 0 Å². The first-order valence-corrected chi connectivity index (χ1v) is 5.33. The second-order valence-corrected chi connectivity index (χ2v) is 3.35. The molecule has 1 aromatic rings. The number of carbonyl (C=O) groups is 1. The van der Waals surface area contributed by atoms with Gasteiger partial charge in [0.25, 0.3) is 0 Å². The molecule has 1 amide bonds. The average Bonchev–Trinajstić information content (AvgIpc) is 2.29. The number of hydrogen-bond acceptors (Lipinski definition) is 4. The average molecular weight is 223 g/mol. The van der Waals surface area contributed by atoms with Gasteiger partial charge in [-0.2, -0.15) is 0 Å². The number of hydrogen-bond donors (Lipinski definition) is 2. The number of amides is 1. The van der Waals surface area contributed by atoms with Crippen molar-refractivity contribution in [3.8, 4) is 5.88 Å². The van der Waals surface area contributed by atoms with Gasteiger partial charge in [-0.05, 0) is 19.0 Å². The number of pyridine rings is 1. The van der Waals surface area contributed by atoms with E-state index in [2.05, 4.69) is 17.2 Å². The lowest BCUT2D eigenvalue weighted by Gasteiger charge is -2.06. The molecule has 0 saturated heterocycles. The summed E-state index contributed by atoms with van der Waals surface area (Å²) < 4.78 is 5.36. The van der Waals surface area contributed by atoms with Gasteiger partial charge in [-0.25, -0.2) is 4.98 Å². The van der Waals surface area contributed by atoms with Crippen molar-refractivity contribution in [3.63, 3.8) is 0 Å². The Morgan fingerprint density at radius 2 is 2.31 bits per heavy atom. The van der Waals surface area contributed by atoms with Crippen molar-refractivity contribution in [1.82, 2.24) is 10.3 Å². The lowest BCUT2D eigenvalue weighted by molar-refractivity contribution is 0.1000. The molecule has 1 rings (SSSR count). The summed E-state index contributed by atoms with van der Waals surface area (Å²) in [5, 5.41) is 3.21. The van der Waals surface area contributed by atoms with Crippen molar-refractivity contribution in [2.24, 2.45) is 5.73 Å². The lowest BCUT2D eigenvalue weighted by atomic mass is 10.3. The number of ether oxygens (including phenoxy) is 1. The van der Waals surface area contributed by atoms with Crippen LogP contribution in [0, 0.1) is 0 Å². The van der Waals surface area contributed by atoms with Crippen molar-refractivity contribution in [1.29, 1.82) is 0 Å². The zero-order valence-electron chi connectivity index (χ0n) is 9.40. The van der Waals surface area contributed by atoms with Gasteiger partial charge in [-0.1, -0.05) is 6.92 Å². The topological polar surface area (TPSA) is 77.2 Å². The Labute approximate surface area is 95.0 Å². The Bertz CT molecular complexity index is 325. The highest BCUT2D eigenvalue weighted by Gasteiger charge is 2.01. The van der Waals surface area contributed by atoms with Crippen LogP contribution in [-0.2, 0) is 0 Å². The molecule has 0 aromatic carbocycles. The minimum Gasteiger partial charge on any atom is -0.476 e.